The van der Waals surface area contributed by atoms with Gasteiger partial charge >= 0.3 is 0 Å². The molecule has 0 amide bonds. The number of pyridine rings is 1. The van der Waals surface area contributed by atoms with Gasteiger partial charge < -0.3 is 5.32 Å². The molecule has 1 aliphatic rings. The van der Waals surface area contributed by atoms with Crippen LogP contribution in [0.4, 0.5) is 0 Å². The summed E-state index contributed by atoms with van der Waals surface area (Å²) in [6.45, 7) is 3.26. The van der Waals surface area contributed by atoms with Crippen LogP contribution >= 0.6 is 0 Å². The third-order valence-corrected chi connectivity index (χ3v) is 4.35. The first kappa shape index (κ1) is 13.3. The molecule has 0 aliphatic heterocycles. The summed E-state index contributed by atoms with van der Waals surface area (Å²) < 4.78 is 0. The topological polar surface area (TPSA) is 24.9 Å². The van der Waals surface area contributed by atoms with Crippen molar-refractivity contribution in [2.24, 2.45) is 0 Å². The third kappa shape index (κ3) is 2.91. The van der Waals surface area contributed by atoms with E-state index in [1.807, 2.05) is 18.5 Å². The van der Waals surface area contributed by atoms with Crippen LogP contribution in [0.25, 0.3) is 0 Å². The van der Waals surface area contributed by atoms with E-state index in [4.69, 9.17) is 0 Å². The molecule has 2 heteroatoms. The standard InChI is InChI=1S/C18H22N2/c1-14(16-9-5-11-19-12-16)20-13-17-8-4-7-15-6-2-3-10-18(15)17/h2-3,5-6,9-12,14,17,20H,4,7-8,13H2,1H3. The molecule has 2 aromatic rings. The van der Waals surface area contributed by atoms with Crippen LogP contribution in [-0.4, -0.2) is 11.5 Å². The molecule has 1 aliphatic carbocycles. The summed E-state index contributed by atoms with van der Waals surface area (Å²) in [5.74, 6) is 0.652. The minimum Gasteiger partial charge on any atom is -0.310 e. The second-order valence-corrected chi connectivity index (χ2v) is 5.70. The molecule has 1 aromatic heterocycles. The van der Waals surface area contributed by atoms with E-state index < -0.39 is 0 Å². The fourth-order valence-electron chi connectivity index (χ4n) is 3.14. The Bertz CT molecular complexity index is 550. The van der Waals surface area contributed by atoms with Gasteiger partial charge in [0.05, 0.1) is 0 Å². The van der Waals surface area contributed by atoms with Gasteiger partial charge in [0.25, 0.3) is 0 Å². The van der Waals surface area contributed by atoms with Crippen molar-refractivity contribution in [2.45, 2.75) is 38.1 Å². The quantitative estimate of drug-likeness (QED) is 0.909. The fourth-order valence-corrected chi connectivity index (χ4v) is 3.14. The lowest BCUT2D eigenvalue weighted by Gasteiger charge is -2.27. The molecule has 104 valence electrons. The number of aryl methyl sites for hydroxylation is 1. The van der Waals surface area contributed by atoms with E-state index in [1.165, 1.54) is 24.8 Å². The Hall–Kier alpha value is -1.67. The van der Waals surface area contributed by atoms with Crippen molar-refractivity contribution in [1.29, 1.82) is 0 Å². The molecule has 2 unspecified atom stereocenters. The van der Waals surface area contributed by atoms with Crippen LogP contribution in [0, 0.1) is 0 Å². The maximum atomic E-state index is 4.20. The Morgan fingerprint density at radius 2 is 2.15 bits per heavy atom. The molecule has 2 nitrogen and oxygen atoms in total. The Labute approximate surface area is 121 Å². The monoisotopic (exact) mass is 266 g/mol. The average molecular weight is 266 g/mol. The van der Waals surface area contributed by atoms with Crippen molar-refractivity contribution in [3.05, 3.63) is 65.5 Å². The highest BCUT2D eigenvalue weighted by atomic mass is 14.9. The number of nitrogens with one attached hydrogen (secondary N) is 1. The molecule has 0 fully saturated rings. The van der Waals surface area contributed by atoms with Crippen LogP contribution in [0.15, 0.2) is 48.8 Å². The van der Waals surface area contributed by atoms with Crippen molar-refractivity contribution < 1.29 is 0 Å². The Kier molecular flexibility index (Phi) is 4.12. The second kappa shape index (κ2) is 6.19. The Morgan fingerprint density at radius 1 is 1.25 bits per heavy atom. The smallest absolute Gasteiger partial charge is 0.0315 e. The summed E-state index contributed by atoms with van der Waals surface area (Å²) in [5.41, 5.74) is 4.35. The van der Waals surface area contributed by atoms with Gasteiger partial charge in [0.1, 0.15) is 0 Å². The van der Waals surface area contributed by atoms with E-state index in [-0.39, 0.29) is 0 Å². The van der Waals surface area contributed by atoms with E-state index in [0.717, 1.165) is 6.54 Å². The van der Waals surface area contributed by atoms with Crippen LogP contribution in [0.5, 0.6) is 0 Å². The fraction of sp³-hybridized carbons (Fsp3) is 0.389. The van der Waals surface area contributed by atoms with E-state index in [1.54, 1.807) is 11.1 Å². The maximum Gasteiger partial charge on any atom is 0.0315 e. The van der Waals surface area contributed by atoms with Crippen molar-refractivity contribution in [2.75, 3.05) is 6.54 Å². The number of benzene rings is 1. The maximum absolute atomic E-state index is 4.20. The summed E-state index contributed by atoms with van der Waals surface area (Å²) in [5, 5.41) is 3.67. The number of hydrogen-bond donors (Lipinski definition) is 1. The van der Waals surface area contributed by atoms with Gasteiger partial charge in [-0.2, -0.15) is 0 Å². The number of nitrogens with zero attached hydrogens (tertiary/aromatic N) is 1. The van der Waals surface area contributed by atoms with E-state index in [2.05, 4.69) is 47.6 Å². The lowest BCUT2D eigenvalue weighted by molar-refractivity contribution is 0.472. The lowest BCUT2D eigenvalue weighted by atomic mass is 9.82. The number of hydrogen-bond acceptors (Lipinski definition) is 2. The van der Waals surface area contributed by atoms with Gasteiger partial charge in [-0.1, -0.05) is 30.3 Å². The van der Waals surface area contributed by atoms with Crippen LogP contribution in [0.2, 0.25) is 0 Å². The molecular formula is C18H22N2. The lowest BCUT2D eigenvalue weighted by Crippen LogP contribution is -2.26. The van der Waals surface area contributed by atoms with Gasteiger partial charge in [-0.15, -0.1) is 0 Å². The number of rotatable bonds is 4. The van der Waals surface area contributed by atoms with Gasteiger partial charge in [0.2, 0.25) is 0 Å². The molecule has 1 N–H and O–H groups in total. The van der Waals surface area contributed by atoms with Gasteiger partial charge in [-0.25, -0.2) is 0 Å². The minimum absolute atomic E-state index is 0.359. The molecule has 0 bridgehead atoms. The predicted molar refractivity (Wildman–Crippen MR) is 82.8 cm³/mol. The first-order valence-corrected chi connectivity index (χ1v) is 7.55. The van der Waals surface area contributed by atoms with Gasteiger partial charge in [0, 0.05) is 25.0 Å². The van der Waals surface area contributed by atoms with Crippen molar-refractivity contribution >= 4 is 0 Å². The summed E-state index contributed by atoms with van der Waals surface area (Å²) in [6, 6.07) is 13.4. The first-order valence-electron chi connectivity index (χ1n) is 7.55. The molecule has 3 rings (SSSR count). The molecule has 0 radical (unpaired) electrons. The Balaban J connectivity index is 1.65. The highest BCUT2D eigenvalue weighted by Crippen LogP contribution is 2.31. The van der Waals surface area contributed by atoms with E-state index in [9.17, 15) is 0 Å². The van der Waals surface area contributed by atoms with Crippen molar-refractivity contribution in [3.8, 4) is 0 Å². The van der Waals surface area contributed by atoms with Gasteiger partial charge in [0.15, 0.2) is 0 Å². The molecule has 1 aromatic carbocycles. The zero-order valence-corrected chi connectivity index (χ0v) is 12.0. The van der Waals surface area contributed by atoms with Crippen molar-refractivity contribution in [3.63, 3.8) is 0 Å². The normalized spacial score (nSPS) is 19.4. The molecule has 0 saturated heterocycles. The summed E-state index contributed by atoms with van der Waals surface area (Å²) >= 11 is 0. The van der Waals surface area contributed by atoms with E-state index in [0.29, 0.717) is 12.0 Å². The molecule has 0 saturated carbocycles. The van der Waals surface area contributed by atoms with Crippen LogP contribution in [-0.2, 0) is 6.42 Å². The number of fused-ring (bicyclic) bond motifs is 1. The SMILES string of the molecule is CC(NCC1CCCc2ccccc21)c1cccnc1. The highest BCUT2D eigenvalue weighted by Gasteiger charge is 2.20. The molecular weight excluding hydrogens is 244 g/mol. The van der Waals surface area contributed by atoms with Crippen LogP contribution in [0.1, 0.15) is 48.4 Å². The first-order chi connectivity index (χ1) is 9.84. The Morgan fingerprint density at radius 3 is 3.00 bits per heavy atom. The molecule has 1 heterocycles. The predicted octanol–water partition coefficient (Wildman–Crippen LogP) is 3.85. The van der Waals surface area contributed by atoms with E-state index >= 15 is 0 Å². The zero-order valence-electron chi connectivity index (χ0n) is 12.0. The van der Waals surface area contributed by atoms with Gasteiger partial charge in [-0.05, 0) is 54.9 Å². The van der Waals surface area contributed by atoms with Crippen LogP contribution < -0.4 is 5.32 Å². The molecule has 0 spiro atoms. The molecule has 2 atom stereocenters. The minimum atomic E-state index is 0.359. The van der Waals surface area contributed by atoms with Gasteiger partial charge in [-0.3, -0.25) is 4.98 Å². The number of aromatic nitrogens is 1. The highest BCUT2D eigenvalue weighted by molar-refractivity contribution is 5.32. The largest absolute Gasteiger partial charge is 0.310 e. The third-order valence-electron chi connectivity index (χ3n) is 4.35. The second-order valence-electron chi connectivity index (χ2n) is 5.70. The zero-order chi connectivity index (χ0) is 13.8. The van der Waals surface area contributed by atoms with Crippen LogP contribution in [0.3, 0.4) is 0 Å². The summed E-state index contributed by atoms with van der Waals surface area (Å²) in [4.78, 5) is 4.20. The van der Waals surface area contributed by atoms with Crippen molar-refractivity contribution in [1.82, 2.24) is 10.3 Å². The summed E-state index contributed by atoms with van der Waals surface area (Å²) in [6.07, 6.45) is 7.62. The average Bonchev–Trinajstić information content (AvgIpc) is 2.53. The summed E-state index contributed by atoms with van der Waals surface area (Å²) in [7, 11) is 0. The molecule has 20 heavy (non-hydrogen) atoms.